The van der Waals surface area contributed by atoms with Crippen molar-refractivity contribution in [2.45, 2.75) is 25.6 Å². The van der Waals surface area contributed by atoms with Gasteiger partial charge in [0, 0.05) is 28.8 Å². The maximum absolute atomic E-state index is 12.6. The molecule has 0 spiro atoms. The second kappa shape index (κ2) is 12.9. The number of nitrogens with one attached hydrogen (secondary N) is 1. The number of hydrogen-bond donors (Lipinski definition) is 3. The summed E-state index contributed by atoms with van der Waals surface area (Å²) in [6.07, 6.45) is -2.15. The zero-order valence-corrected chi connectivity index (χ0v) is 20.8. The zero-order chi connectivity index (χ0) is 22.8. The molecular weight excluding hydrogens is 554 g/mol. The number of carbonyl (C=O) groups excluding carboxylic acids is 2. The summed E-state index contributed by atoms with van der Waals surface area (Å²) in [7, 11) is 0. The molecule has 7 nitrogen and oxygen atoms in total. The second-order valence-corrected chi connectivity index (χ2v) is 8.39. The molecule has 0 saturated carbocycles. The molecule has 168 valence electrons. The molecule has 0 radical (unpaired) electrons. The summed E-state index contributed by atoms with van der Waals surface area (Å²) in [5.41, 5.74) is 0.894. The molecule has 0 unspecified atom stereocenters. The Morgan fingerprint density at radius 1 is 1.19 bits per heavy atom. The van der Waals surface area contributed by atoms with Crippen LogP contribution in [0.4, 0.5) is 10.5 Å². The molecule has 0 fully saturated rings. The van der Waals surface area contributed by atoms with Crippen molar-refractivity contribution >= 4 is 62.2 Å². The van der Waals surface area contributed by atoms with Crippen LogP contribution in [-0.2, 0) is 19.0 Å². The van der Waals surface area contributed by atoms with Crippen molar-refractivity contribution in [3.8, 4) is 5.75 Å². The fraction of sp³-hybridized carbons (Fsp3) is 0.333. The number of ether oxygens (including phenoxy) is 3. The molecule has 10 heteroatoms. The third-order valence-electron chi connectivity index (χ3n) is 4.13. The van der Waals surface area contributed by atoms with Crippen LogP contribution >= 0.6 is 44.5 Å². The van der Waals surface area contributed by atoms with Crippen molar-refractivity contribution in [3.05, 3.63) is 57.0 Å². The van der Waals surface area contributed by atoms with Gasteiger partial charge in [-0.3, -0.25) is 10.1 Å². The van der Waals surface area contributed by atoms with Crippen LogP contribution in [0.3, 0.4) is 0 Å². The Labute approximate surface area is 203 Å². The summed E-state index contributed by atoms with van der Waals surface area (Å²) in [5.74, 6) is -0.596. The molecule has 0 aliphatic rings. The Morgan fingerprint density at radius 3 is 2.55 bits per heavy atom. The summed E-state index contributed by atoms with van der Waals surface area (Å²) in [6.45, 7) is 2.16. The quantitative estimate of drug-likeness (QED) is 0.256. The third-order valence-corrected chi connectivity index (χ3v) is 5.45. The number of para-hydroxylation sites is 1. The number of aromatic hydroxyl groups is 1. The molecule has 2 aromatic carbocycles. The first-order valence-corrected chi connectivity index (χ1v) is 11.7. The average molecular weight is 577 g/mol. The predicted octanol–water partition coefficient (Wildman–Crippen LogP) is 5.48. The highest BCUT2D eigenvalue weighted by molar-refractivity contribution is 9.11. The van der Waals surface area contributed by atoms with Crippen LogP contribution in [0, 0.1) is 0 Å². The summed E-state index contributed by atoms with van der Waals surface area (Å²) in [4.78, 5) is 24.1. The standard InChI is InChI=1S/C21H23Br2NO6S/c1-2-28-17(8-9-29-18(25)12-31)20(15-10-13(22)11-16(23)19(15)26)30-21(27)24-14-6-4-3-5-7-14/h3-7,10-11,17,20,26,31H,2,8-9,12H2,1H3,(H,24,27)/t17-,20-/m0/s1. The van der Waals surface area contributed by atoms with Crippen molar-refractivity contribution in [2.24, 2.45) is 0 Å². The van der Waals surface area contributed by atoms with Crippen LogP contribution in [-0.4, -0.2) is 42.2 Å². The molecule has 2 rings (SSSR count). The number of phenols is 1. The van der Waals surface area contributed by atoms with Gasteiger partial charge in [0.05, 0.1) is 16.8 Å². The lowest BCUT2D eigenvalue weighted by molar-refractivity contribution is -0.142. The molecule has 0 aliphatic heterocycles. The summed E-state index contributed by atoms with van der Waals surface area (Å²) in [5, 5.41) is 13.3. The average Bonchev–Trinajstić information content (AvgIpc) is 2.74. The van der Waals surface area contributed by atoms with Gasteiger partial charge in [-0.25, -0.2) is 4.79 Å². The third kappa shape index (κ3) is 8.03. The van der Waals surface area contributed by atoms with Crippen LogP contribution < -0.4 is 5.32 Å². The summed E-state index contributed by atoms with van der Waals surface area (Å²) in [6, 6.07) is 12.1. The van der Waals surface area contributed by atoms with E-state index in [1.54, 1.807) is 43.3 Å². The largest absolute Gasteiger partial charge is 0.506 e. The zero-order valence-electron chi connectivity index (χ0n) is 16.7. The van der Waals surface area contributed by atoms with E-state index in [0.717, 1.165) is 0 Å². The second-order valence-electron chi connectivity index (χ2n) is 6.30. The Kier molecular flexibility index (Phi) is 10.7. The van der Waals surface area contributed by atoms with E-state index >= 15 is 0 Å². The first-order valence-electron chi connectivity index (χ1n) is 9.44. The van der Waals surface area contributed by atoms with Crippen LogP contribution in [0.2, 0.25) is 0 Å². The first kappa shape index (κ1) is 25.5. The van der Waals surface area contributed by atoms with Crippen LogP contribution in [0.15, 0.2) is 51.4 Å². The highest BCUT2D eigenvalue weighted by atomic mass is 79.9. The molecule has 1 amide bonds. The topological polar surface area (TPSA) is 94.1 Å². The van der Waals surface area contributed by atoms with Gasteiger partial charge in [-0.15, -0.1) is 0 Å². The van der Waals surface area contributed by atoms with Gasteiger partial charge in [0.25, 0.3) is 0 Å². The first-order chi connectivity index (χ1) is 14.8. The van der Waals surface area contributed by atoms with Crippen molar-refractivity contribution in [1.29, 1.82) is 0 Å². The van der Waals surface area contributed by atoms with Crippen LogP contribution in [0.1, 0.15) is 25.0 Å². The minimum Gasteiger partial charge on any atom is -0.506 e. The molecule has 2 atom stereocenters. The fourth-order valence-electron chi connectivity index (χ4n) is 2.80. The molecule has 2 aromatic rings. The molecule has 0 heterocycles. The molecule has 0 aliphatic carbocycles. The van der Waals surface area contributed by atoms with E-state index in [-0.39, 0.29) is 24.5 Å². The van der Waals surface area contributed by atoms with E-state index in [4.69, 9.17) is 14.2 Å². The highest BCUT2D eigenvalue weighted by Gasteiger charge is 2.31. The van der Waals surface area contributed by atoms with E-state index in [9.17, 15) is 14.7 Å². The number of benzene rings is 2. The molecule has 0 bridgehead atoms. The van der Waals surface area contributed by atoms with E-state index < -0.39 is 24.3 Å². The molecule has 0 saturated heterocycles. The van der Waals surface area contributed by atoms with Gasteiger partial charge in [0.2, 0.25) is 0 Å². The summed E-state index contributed by atoms with van der Waals surface area (Å²) < 4.78 is 17.7. The normalized spacial score (nSPS) is 12.6. The van der Waals surface area contributed by atoms with Gasteiger partial charge in [-0.05, 0) is 47.1 Å². The van der Waals surface area contributed by atoms with Gasteiger partial charge >= 0.3 is 12.1 Å². The number of esters is 1. The minimum atomic E-state index is -0.979. The maximum Gasteiger partial charge on any atom is 0.412 e. The Balaban J connectivity index is 2.30. The lowest BCUT2D eigenvalue weighted by Crippen LogP contribution is -2.30. The van der Waals surface area contributed by atoms with Crippen molar-refractivity contribution in [2.75, 3.05) is 24.3 Å². The summed E-state index contributed by atoms with van der Waals surface area (Å²) >= 11 is 10.6. The number of amides is 1. The van der Waals surface area contributed by atoms with Gasteiger partial charge in [-0.1, -0.05) is 34.1 Å². The number of hydrogen-bond acceptors (Lipinski definition) is 7. The number of thiol groups is 1. The number of halogens is 2. The molecular formula is C21H23Br2NO6S. The Morgan fingerprint density at radius 2 is 1.90 bits per heavy atom. The molecule has 2 N–H and O–H groups in total. The maximum atomic E-state index is 12.6. The fourth-order valence-corrected chi connectivity index (χ4v) is 4.15. The smallest absolute Gasteiger partial charge is 0.412 e. The van der Waals surface area contributed by atoms with E-state index in [0.29, 0.717) is 26.8 Å². The SMILES string of the molecule is CCO[C@@H](CCOC(=O)CS)[C@@H](OC(=O)Nc1ccccc1)c1cc(Br)cc(Br)c1O. The lowest BCUT2D eigenvalue weighted by atomic mass is 10.0. The Hall–Kier alpha value is -1.75. The van der Waals surface area contributed by atoms with Gasteiger partial charge in [-0.2, -0.15) is 12.6 Å². The monoisotopic (exact) mass is 575 g/mol. The van der Waals surface area contributed by atoms with Crippen molar-refractivity contribution < 1.29 is 28.9 Å². The number of rotatable bonds is 10. The number of phenolic OH excluding ortho intramolecular Hbond substituents is 1. The number of anilines is 1. The van der Waals surface area contributed by atoms with Crippen LogP contribution in [0.5, 0.6) is 5.75 Å². The van der Waals surface area contributed by atoms with Crippen molar-refractivity contribution in [3.63, 3.8) is 0 Å². The van der Waals surface area contributed by atoms with Crippen molar-refractivity contribution in [1.82, 2.24) is 0 Å². The van der Waals surface area contributed by atoms with E-state index in [1.807, 2.05) is 6.07 Å². The van der Waals surface area contributed by atoms with Gasteiger partial charge < -0.3 is 19.3 Å². The highest BCUT2D eigenvalue weighted by Crippen LogP contribution is 2.39. The lowest BCUT2D eigenvalue weighted by Gasteiger charge is -2.28. The van der Waals surface area contributed by atoms with Gasteiger partial charge in [0.15, 0.2) is 6.10 Å². The van der Waals surface area contributed by atoms with Gasteiger partial charge in [0.1, 0.15) is 11.9 Å². The predicted molar refractivity (Wildman–Crippen MR) is 128 cm³/mol. The van der Waals surface area contributed by atoms with Crippen LogP contribution in [0.25, 0.3) is 0 Å². The van der Waals surface area contributed by atoms with E-state index in [2.05, 4.69) is 49.8 Å². The minimum absolute atomic E-state index is 0.0418. The number of carbonyl (C=O) groups is 2. The molecule has 0 aromatic heterocycles. The Bertz CT molecular complexity index is 884. The van der Waals surface area contributed by atoms with E-state index in [1.165, 1.54) is 0 Å². The molecule has 31 heavy (non-hydrogen) atoms.